The van der Waals surface area contributed by atoms with Crippen LogP contribution in [-0.4, -0.2) is 5.91 Å². The van der Waals surface area contributed by atoms with Crippen LogP contribution in [0.15, 0.2) is 45.3 Å². The van der Waals surface area contributed by atoms with Crippen LogP contribution in [0.1, 0.15) is 10.4 Å². The minimum absolute atomic E-state index is 0.105. The molecule has 0 saturated heterocycles. The second-order valence-electron chi connectivity index (χ2n) is 3.71. The lowest BCUT2D eigenvalue weighted by Gasteiger charge is -2.07. The number of amides is 1. The van der Waals surface area contributed by atoms with E-state index in [1.54, 1.807) is 6.07 Å². The molecule has 1 N–H and O–H groups in total. The molecular weight excluding hydrogens is 384 g/mol. The van der Waals surface area contributed by atoms with Gasteiger partial charge in [0.2, 0.25) is 0 Å². The van der Waals surface area contributed by atoms with Gasteiger partial charge in [0, 0.05) is 10.2 Å². The van der Waals surface area contributed by atoms with Gasteiger partial charge < -0.3 is 5.32 Å². The van der Waals surface area contributed by atoms with Gasteiger partial charge in [-0.25, -0.2) is 8.78 Å². The molecule has 2 aromatic rings. The SMILES string of the molecule is O=C(Nc1ccc(Br)c(F)c1)c1ccc(Br)cc1F. The van der Waals surface area contributed by atoms with Crippen LogP contribution in [-0.2, 0) is 0 Å². The van der Waals surface area contributed by atoms with Gasteiger partial charge in [-0.3, -0.25) is 4.79 Å². The number of carbonyl (C=O) groups excluding carboxylic acids is 1. The molecule has 2 aromatic carbocycles. The minimum atomic E-state index is -0.649. The number of anilines is 1. The first-order valence-corrected chi connectivity index (χ1v) is 6.77. The maximum atomic E-state index is 13.6. The van der Waals surface area contributed by atoms with E-state index in [4.69, 9.17) is 0 Å². The van der Waals surface area contributed by atoms with E-state index >= 15 is 0 Å². The molecule has 0 aliphatic heterocycles. The molecule has 19 heavy (non-hydrogen) atoms. The van der Waals surface area contributed by atoms with Crippen molar-refractivity contribution in [2.45, 2.75) is 0 Å². The third-order valence-electron chi connectivity index (χ3n) is 2.35. The summed E-state index contributed by atoms with van der Waals surface area (Å²) in [4.78, 5) is 11.8. The van der Waals surface area contributed by atoms with Crippen LogP contribution in [0.4, 0.5) is 14.5 Å². The number of hydrogen-bond acceptors (Lipinski definition) is 1. The highest BCUT2D eigenvalue weighted by Crippen LogP contribution is 2.21. The summed E-state index contributed by atoms with van der Waals surface area (Å²) in [6, 6.07) is 8.23. The van der Waals surface area contributed by atoms with E-state index in [-0.39, 0.29) is 11.3 Å². The van der Waals surface area contributed by atoms with Crippen LogP contribution in [0, 0.1) is 11.6 Å². The fourth-order valence-corrected chi connectivity index (χ4v) is 2.03. The van der Waals surface area contributed by atoms with Gasteiger partial charge in [0.1, 0.15) is 11.6 Å². The molecule has 98 valence electrons. The summed E-state index contributed by atoms with van der Waals surface area (Å²) >= 11 is 6.11. The zero-order chi connectivity index (χ0) is 14.0. The van der Waals surface area contributed by atoms with E-state index in [1.165, 1.54) is 24.3 Å². The third kappa shape index (κ3) is 3.39. The van der Waals surface area contributed by atoms with Crippen molar-refractivity contribution in [1.82, 2.24) is 0 Å². The van der Waals surface area contributed by atoms with Gasteiger partial charge in [0.05, 0.1) is 10.0 Å². The van der Waals surface area contributed by atoms with Crippen molar-refractivity contribution < 1.29 is 13.6 Å². The minimum Gasteiger partial charge on any atom is -0.322 e. The molecule has 0 spiro atoms. The Morgan fingerprint density at radius 3 is 2.37 bits per heavy atom. The molecule has 0 fully saturated rings. The van der Waals surface area contributed by atoms with Crippen LogP contribution >= 0.6 is 31.9 Å². The van der Waals surface area contributed by atoms with Crippen molar-refractivity contribution in [3.05, 3.63) is 62.5 Å². The molecule has 0 radical (unpaired) electrons. The lowest BCUT2D eigenvalue weighted by atomic mass is 10.2. The summed E-state index contributed by atoms with van der Waals surface area (Å²) in [6.45, 7) is 0. The van der Waals surface area contributed by atoms with E-state index in [9.17, 15) is 13.6 Å². The van der Waals surface area contributed by atoms with Crippen molar-refractivity contribution in [3.63, 3.8) is 0 Å². The first-order valence-electron chi connectivity index (χ1n) is 5.19. The molecule has 0 saturated carbocycles. The van der Waals surface area contributed by atoms with E-state index in [0.29, 0.717) is 8.95 Å². The Labute approximate surface area is 125 Å². The molecule has 0 aromatic heterocycles. The maximum absolute atomic E-state index is 13.6. The van der Waals surface area contributed by atoms with Gasteiger partial charge in [-0.1, -0.05) is 15.9 Å². The first kappa shape index (κ1) is 14.1. The number of halogens is 4. The standard InChI is InChI=1S/C13H7Br2F2NO/c14-7-1-3-9(11(16)5-7)13(19)18-8-2-4-10(15)12(17)6-8/h1-6H,(H,18,19). The van der Waals surface area contributed by atoms with E-state index in [2.05, 4.69) is 37.2 Å². The third-order valence-corrected chi connectivity index (χ3v) is 3.49. The Balaban J connectivity index is 2.23. The van der Waals surface area contributed by atoms with Gasteiger partial charge in [0.15, 0.2) is 0 Å². The van der Waals surface area contributed by atoms with Gasteiger partial charge in [-0.2, -0.15) is 0 Å². The quantitative estimate of drug-likeness (QED) is 0.788. The lowest BCUT2D eigenvalue weighted by Crippen LogP contribution is -2.13. The van der Waals surface area contributed by atoms with Crippen LogP contribution in [0.25, 0.3) is 0 Å². The van der Waals surface area contributed by atoms with Crippen molar-refractivity contribution in [1.29, 1.82) is 0 Å². The normalized spacial score (nSPS) is 10.3. The van der Waals surface area contributed by atoms with Crippen LogP contribution in [0.3, 0.4) is 0 Å². The highest BCUT2D eigenvalue weighted by molar-refractivity contribution is 9.10. The molecule has 2 rings (SSSR count). The number of rotatable bonds is 2. The maximum Gasteiger partial charge on any atom is 0.258 e. The summed E-state index contributed by atoms with van der Waals surface area (Å²) in [7, 11) is 0. The van der Waals surface area contributed by atoms with Crippen molar-refractivity contribution in [2.75, 3.05) is 5.32 Å². The molecule has 0 bridgehead atoms. The topological polar surface area (TPSA) is 29.1 Å². The summed E-state index contributed by atoms with van der Waals surface area (Å²) in [5.41, 5.74) is 0.152. The highest BCUT2D eigenvalue weighted by Gasteiger charge is 2.12. The van der Waals surface area contributed by atoms with Crippen molar-refractivity contribution >= 4 is 43.5 Å². The Bertz CT molecular complexity index is 647. The first-order chi connectivity index (χ1) is 8.97. The van der Waals surface area contributed by atoms with Gasteiger partial charge in [-0.05, 0) is 52.3 Å². The Kier molecular flexibility index (Phi) is 4.31. The summed E-state index contributed by atoms with van der Waals surface area (Å²) in [5, 5.41) is 2.43. The summed E-state index contributed by atoms with van der Waals surface area (Å²) in [5.74, 6) is -1.79. The van der Waals surface area contributed by atoms with Gasteiger partial charge >= 0.3 is 0 Å². The van der Waals surface area contributed by atoms with Crippen LogP contribution in [0.5, 0.6) is 0 Å². The molecule has 1 amide bonds. The van der Waals surface area contributed by atoms with E-state index in [1.807, 2.05) is 0 Å². The van der Waals surface area contributed by atoms with Crippen LogP contribution < -0.4 is 5.32 Å². The predicted molar refractivity (Wildman–Crippen MR) is 76.2 cm³/mol. The average Bonchev–Trinajstić information content (AvgIpc) is 2.33. The molecule has 2 nitrogen and oxygen atoms in total. The van der Waals surface area contributed by atoms with Crippen molar-refractivity contribution in [3.8, 4) is 0 Å². The zero-order valence-electron chi connectivity index (χ0n) is 9.38. The molecular formula is C13H7Br2F2NO. The summed E-state index contributed by atoms with van der Waals surface area (Å²) in [6.07, 6.45) is 0. The zero-order valence-corrected chi connectivity index (χ0v) is 12.6. The fourth-order valence-electron chi connectivity index (χ4n) is 1.45. The second kappa shape index (κ2) is 5.79. The fraction of sp³-hybridized carbons (Fsp3) is 0. The molecule has 0 aliphatic rings. The molecule has 0 unspecified atom stereocenters. The Morgan fingerprint density at radius 1 is 1.00 bits per heavy atom. The monoisotopic (exact) mass is 389 g/mol. The molecule has 6 heteroatoms. The number of nitrogens with one attached hydrogen (secondary N) is 1. The predicted octanol–water partition coefficient (Wildman–Crippen LogP) is 4.74. The van der Waals surface area contributed by atoms with E-state index in [0.717, 1.165) is 6.07 Å². The number of carbonyl (C=O) groups is 1. The number of hydrogen-bond donors (Lipinski definition) is 1. The number of benzene rings is 2. The Morgan fingerprint density at radius 2 is 1.74 bits per heavy atom. The van der Waals surface area contributed by atoms with Crippen LogP contribution in [0.2, 0.25) is 0 Å². The molecule has 0 aliphatic carbocycles. The highest BCUT2D eigenvalue weighted by atomic mass is 79.9. The van der Waals surface area contributed by atoms with Gasteiger partial charge in [0.25, 0.3) is 5.91 Å². The smallest absolute Gasteiger partial charge is 0.258 e. The summed E-state index contributed by atoms with van der Waals surface area (Å²) < 4.78 is 27.7. The lowest BCUT2D eigenvalue weighted by molar-refractivity contribution is 0.102. The second-order valence-corrected chi connectivity index (χ2v) is 5.48. The molecule has 0 heterocycles. The largest absolute Gasteiger partial charge is 0.322 e. The van der Waals surface area contributed by atoms with Gasteiger partial charge in [-0.15, -0.1) is 0 Å². The van der Waals surface area contributed by atoms with E-state index < -0.39 is 17.5 Å². The average molecular weight is 391 g/mol. The Hall–Kier alpha value is -1.27. The molecule has 0 atom stereocenters. The van der Waals surface area contributed by atoms with Crippen molar-refractivity contribution in [2.24, 2.45) is 0 Å².